The van der Waals surface area contributed by atoms with Crippen LogP contribution in [0.2, 0.25) is 0 Å². The molecule has 0 amide bonds. The molecule has 9 nitrogen and oxygen atoms in total. The molecular formula is C19H26N2O7. The standard InChI is InChI=1S/C19H26N2O7/c1-10(2)7-14(20)18(24)28-19(25)15(21)8-13-5-6-16(26-11(3)22)17(9-13)27-12(4)23/h5-6,9-10,14-15H,7-8,20-21H2,1-4H3/t14-,15-/m0/s1. The maximum Gasteiger partial charge on any atom is 0.330 e. The van der Waals surface area contributed by atoms with Gasteiger partial charge < -0.3 is 25.7 Å². The molecule has 4 N–H and O–H groups in total. The van der Waals surface area contributed by atoms with Gasteiger partial charge in [0.25, 0.3) is 0 Å². The molecule has 0 unspecified atom stereocenters. The lowest BCUT2D eigenvalue weighted by molar-refractivity contribution is -0.161. The maximum atomic E-state index is 12.0. The number of nitrogens with two attached hydrogens (primary N) is 2. The number of carbonyl (C=O) groups is 4. The molecule has 2 atom stereocenters. The molecule has 0 aliphatic rings. The number of hydrogen-bond acceptors (Lipinski definition) is 9. The molecule has 1 aromatic rings. The van der Waals surface area contributed by atoms with Gasteiger partial charge in [-0.1, -0.05) is 19.9 Å². The van der Waals surface area contributed by atoms with E-state index in [4.69, 9.17) is 25.7 Å². The van der Waals surface area contributed by atoms with E-state index in [-0.39, 0.29) is 23.8 Å². The predicted molar refractivity (Wildman–Crippen MR) is 99.3 cm³/mol. The van der Waals surface area contributed by atoms with Crippen molar-refractivity contribution < 1.29 is 33.4 Å². The van der Waals surface area contributed by atoms with E-state index < -0.39 is 36.0 Å². The van der Waals surface area contributed by atoms with Gasteiger partial charge in [0.2, 0.25) is 0 Å². The number of ether oxygens (including phenoxy) is 3. The van der Waals surface area contributed by atoms with E-state index in [2.05, 4.69) is 0 Å². The molecule has 0 saturated carbocycles. The third-order valence-corrected chi connectivity index (χ3v) is 3.50. The zero-order valence-corrected chi connectivity index (χ0v) is 16.4. The minimum Gasteiger partial charge on any atom is -0.423 e. The summed E-state index contributed by atoms with van der Waals surface area (Å²) in [5.74, 6) is -2.71. The van der Waals surface area contributed by atoms with Gasteiger partial charge in [-0.05, 0) is 36.5 Å². The van der Waals surface area contributed by atoms with E-state index in [0.717, 1.165) is 0 Å². The monoisotopic (exact) mass is 394 g/mol. The normalized spacial score (nSPS) is 12.8. The van der Waals surface area contributed by atoms with Crippen molar-refractivity contribution in [3.63, 3.8) is 0 Å². The molecule has 154 valence electrons. The van der Waals surface area contributed by atoms with Crippen LogP contribution in [-0.2, 0) is 30.3 Å². The predicted octanol–water partition coefficient (Wildman–Crippen LogP) is 0.850. The molecule has 0 spiro atoms. The molecule has 0 heterocycles. The first kappa shape index (κ1) is 23.3. The van der Waals surface area contributed by atoms with E-state index >= 15 is 0 Å². The van der Waals surface area contributed by atoms with Crippen LogP contribution in [0.5, 0.6) is 11.5 Å². The lowest BCUT2D eigenvalue weighted by Gasteiger charge is -2.15. The molecule has 0 aliphatic carbocycles. The SMILES string of the molecule is CC(=O)Oc1ccc(C[C@H](N)C(=O)OC(=O)[C@@H](N)CC(C)C)cc1OC(C)=O. The number of benzene rings is 1. The molecule has 0 fully saturated rings. The topological polar surface area (TPSA) is 148 Å². The largest absolute Gasteiger partial charge is 0.423 e. The summed E-state index contributed by atoms with van der Waals surface area (Å²) in [5, 5.41) is 0. The van der Waals surface area contributed by atoms with E-state index in [0.29, 0.717) is 12.0 Å². The van der Waals surface area contributed by atoms with Crippen molar-refractivity contribution in [3.05, 3.63) is 23.8 Å². The summed E-state index contributed by atoms with van der Waals surface area (Å²) in [5.41, 5.74) is 12.0. The highest BCUT2D eigenvalue weighted by molar-refractivity contribution is 5.90. The Morgan fingerprint density at radius 3 is 1.96 bits per heavy atom. The third-order valence-electron chi connectivity index (χ3n) is 3.50. The van der Waals surface area contributed by atoms with Crippen molar-refractivity contribution in [1.82, 2.24) is 0 Å². The van der Waals surface area contributed by atoms with Crippen molar-refractivity contribution >= 4 is 23.9 Å². The highest BCUT2D eigenvalue weighted by Gasteiger charge is 2.24. The Bertz CT molecular complexity index is 746. The van der Waals surface area contributed by atoms with Gasteiger partial charge in [0.15, 0.2) is 11.5 Å². The Morgan fingerprint density at radius 1 is 0.893 bits per heavy atom. The molecule has 0 aliphatic heterocycles. The average molecular weight is 394 g/mol. The average Bonchev–Trinajstić information content (AvgIpc) is 2.55. The second kappa shape index (κ2) is 10.5. The Hall–Kier alpha value is -2.78. The van der Waals surface area contributed by atoms with Gasteiger partial charge in [-0.25, -0.2) is 9.59 Å². The smallest absolute Gasteiger partial charge is 0.330 e. The van der Waals surface area contributed by atoms with Crippen LogP contribution in [0.1, 0.15) is 39.7 Å². The molecule has 0 saturated heterocycles. The highest BCUT2D eigenvalue weighted by atomic mass is 16.6. The second-order valence-corrected chi connectivity index (χ2v) is 6.76. The first-order valence-electron chi connectivity index (χ1n) is 8.76. The van der Waals surface area contributed by atoms with Gasteiger partial charge in [0.05, 0.1) is 0 Å². The summed E-state index contributed by atoms with van der Waals surface area (Å²) in [6.45, 7) is 6.18. The minimum absolute atomic E-state index is 0.000147. The first-order chi connectivity index (χ1) is 13.0. The molecule has 0 radical (unpaired) electrons. The van der Waals surface area contributed by atoms with Gasteiger partial charge in [-0.3, -0.25) is 9.59 Å². The summed E-state index contributed by atoms with van der Waals surface area (Å²) in [6.07, 6.45) is 0.380. The van der Waals surface area contributed by atoms with Crippen molar-refractivity contribution in [2.24, 2.45) is 17.4 Å². The Balaban J connectivity index is 2.82. The fourth-order valence-electron chi connectivity index (χ4n) is 2.35. The second-order valence-electron chi connectivity index (χ2n) is 6.76. The Morgan fingerprint density at radius 2 is 1.43 bits per heavy atom. The summed E-state index contributed by atoms with van der Waals surface area (Å²) in [7, 11) is 0. The summed E-state index contributed by atoms with van der Waals surface area (Å²) in [4.78, 5) is 46.3. The van der Waals surface area contributed by atoms with Crippen LogP contribution in [0.3, 0.4) is 0 Å². The van der Waals surface area contributed by atoms with Crippen LogP contribution in [0, 0.1) is 5.92 Å². The number of rotatable bonds is 8. The quantitative estimate of drug-likeness (QED) is 0.372. The van der Waals surface area contributed by atoms with Crippen molar-refractivity contribution in [1.29, 1.82) is 0 Å². The van der Waals surface area contributed by atoms with Gasteiger partial charge in [0.1, 0.15) is 12.1 Å². The summed E-state index contributed by atoms with van der Waals surface area (Å²) in [6, 6.07) is 2.33. The van der Waals surface area contributed by atoms with Gasteiger partial charge in [-0.15, -0.1) is 0 Å². The van der Waals surface area contributed by atoms with Gasteiger partial charge >= 0.3 is 23.9 Å². The van der Waals surface area contributed by atoms with Gasteiger partial charge in [-0.2, -0.15) is 0 Å². The molecular weight excluding hydrogens is 368 g/mol. The molecule has 1 aromatic carbocycles. The van der Waals surface area contributed by atoms with Crippen molar-refractivity contribution in [2.75, 3.05) is 0 Å². The lowest BCUT2D eigenvalue weighted by Crippen LogP contribution is -2.41. The van der Waals surface area contributed by atoms with Crippen LogP contribution < -0.4 is 20.9 Å². The molecule has 0 aromatic heterocycles. The Labute approximate surface area is 163 Å². The zero-order chi connectivity index (χ0) is 21.4. The van der Waals surface area contributed by atoms with E-state index in [1.807, 2.05) is 13.8 Å². The molecule has 28 heavy (non-hydrogen) atoms. The van der Waals surface area contributed by atoms with Crippen LogP contribution >= 0.6 is 0 Å². The third kappa shape index (κ3) is 7.85. The summed E-state index contributed by atoms with van der Waals surface area (Å²) < 4.78 is 14.7. The minimum atomic E-state index is -1.14. The number of esters is 4. The zero-order valence-electron chi connectivity index (χ0n) is 16.4. The molecule has 1 rings (SSSR count). The molecule has 9 heteroatoms. The van der Waals surface area contributed by atoms with Crippen LogP contribution in [0.4, 0.5) is 0 Å². The van der Waals surface area contributed by atoms with Crippen molar-refractivity contribution in [2.45, 2.75) is 52.6 Å². The van der Waals surface area contributed by atoms with E-state index in [9.17, 15) is 19.2 Å². The van der Waals surface area contributed by atoms with Crippen molar-refractivity contribution in [3.8, 4) is 11.5 Å². The van der Waals surface area contributed by atoms with E-state index in [1.54, 1.807) is 6.07 Å². The number of hydrogen-bond donors (Lipinski definition) is 2. The maximum absolute atomic E-state index is 12.0. The fourth-order valence-corrected chi connectivity index (χ4v) is 2.35. The van der Waals surface area contributed by atoms with E-state index in [1.165, 1.54) is 26.0 Å². The van der Waals surface area contributed by atoms with Gasteiger partial charge in [0, 0.05) is 13.8 Å². The van der Waals surface area contributed by atoms with Crippen LogP contribution in [-0.4, -0.2) is 36.0 Å². The summed E-state index contributed by atoms with van der Waals surface area (Å²) >= 11 is 0. The number of carbonyl (C=O) groups excluding carboxylic acids is 4. The lowest BCUT2D eigenvalue weighted by atomic mass is 10.0. The first-order valence-corrected chi connectivity index (χ1v) is 8.76. The van der Waals surface area contributed by atoms with Crippen LogP contribution in [0.25, 0.3) is 0 Å². The highest BCUT2D eigenvalue weighted by Crippen LogP contribution is 2.29. The van der Waals surface area contributed by atoms with Crippen LogP contribution in [0.15, 0.2) is 18.2 Å². The fraction of sp³-hybridized carbons (Fsp3) is 0.474. The molecule has 0 bridgehead atoms. The Kier molecular flexibility index (Phi) is 8.75.